The summed E-state index contributed by atoms with van der Waals surface area (Å²) in [5, 5.41) is 8.81. The van der Waals surface area contributed by atoms with Crippen molar-refractivity contribution < 1.29 is 14.5 Å². The van der Waals surface area contributed by atoms with E-state index in [0.717, 1.165) is 36.2 Å². The van der Waals surface area contributed by atoms with E-state index in [4.69, 9.17) is 9.68 Å². The molecule has 1 saturated heterocycles. The standard InChI is InChI=1S/C23H27N3O3/c1-17(2)18-8-10-20(11-9-18)24-22(27)28-26-14-12-23(13-15-26)16-21(25-29-23)19-6-4-3-5-7-19/h3-11,17H,12-16H2,1-2H3,(H,24,27). The van der Waals surface area contributed by atoms with Crippen LogP contribution in [0.4, 0.5) is 10.5 Å². The molecule has 0 atom stereocenters. The van der Waals surface area contributed by atoms with Crippen LogP contribution in [0, 0.1) is 0 Å². The molecule has 4 rings (SSSR count). The first-order valence-corrected chi connectivity index (χ1v) is 10.2. The number of rotatable bonds is 4. The number of hydrogen-bond acceptors (Lipinski definition) is 5. The number of benzene rings is 2. The molecule has 6 heteroatoms. The first-order valence-electron chi connectivity index (χ1n) is 10.2. The highest BCUT2D eigenvalue weighted by molar-refractivity contribution is 6.01. The van der Waals surface area contributed by atoms with E-state index in [1.54, 1.807) is 5.06 Å². The zero-order valence-corrected chi connectivity index (χ0v) is 16.9. The second-order valence-corrected chi connectivity index (χ2v) is 8.06. The number of amides is 1. The third kappa shape index (κ3) is 4.59. The summed E-state index contributed by atoms with van der Waals surface area (Å²) in [6.07, 6.45) is 1.86. The number of carbonyl (C=O) groups excluding carboxylic acids is 1. The molecule has 2 aromatic carbocycles. The van der Waals surface area contributed by atoms with Gasteiger partial charge >= 0.3 is 6.09 Å². The Balaban J connectivity index is 1.25. The van der Waals surface area contributed by atoms with Crippen LogP contribution < -0.4 is 5.32 Å². The molecule has 0 saturated carbocycles. The third-order valence-electron chi connectivity index (χ3n) is 5.62. The van der Waals surface area contributed by atoms with E-state index < -0.39 is 6.09 Å². The van der Waals surface area contributed by atoms with E-state index in [1.165, 1.54) is 5.56 Å². The lowest BCUT2D eigenvalue weighted by Crippen LogP contribution is -2.45. The summed E-state index contributed by atoms with van der Waals surface area (Å²) in [7, 11) is 0. The van der Waals surface area contributed by atoms with E-state index in [1.807, 2.05) is 42.5 Å². The number of piperidine rings is 1. The lowest BCUT2D eigenvalue weighted by atomic mass is 9.86. The van der Waals surface area contributed by atoms with Crippen molar-refractivity contribution in [3.05, 3.63) is 65.7 Å². The number of nitrogens with one attached hydrogen (secondary N) is 1. The van der Waals surface area contributed by atoms with Crippen LogP contribution >= 0.6 is 0 Å². The summed E-state index contributed by atoms with van der Waals surface area (Å²) >= 11 is 0. The van der Waals surface area contributed by atoms with Gasteiger partial charge in [-0.05, 0) is 29.2 Å². The molecule has 0 aliphatic carbocycles. The van der Waals surface area contributed by atoms with Crippen molar-refractivity contribution in [2.24, 2.45) is 5.16 Å². The summed E-state index contributed by atoms with van der Waals surface area (Å²) in [5.41, 5.74) is 3.77. The number of hydroxylamine groups is 2. The molecule has 2 aliphatic heterocycles. The van der Waals surface area contributed by atoms with Gasteiger partial charge in [0.25, 0.3) is 0 Å². The molecule has 152 valence electrons. The van der Waals surface area contributed by atoms with Crippen molar-refractivity contribution in [1.82, 2.24) is 5.06 Å². The van der Waals surface area contributed by atoms with Crippen molar-refractivity contribution in [3.63, 3.8) is 0 Å². The maximum Gasteiger partial charge on any atom is 0.430 e. The van der Waals surface area contributed by atoms with Crippen molar-refractivity contribution >= 4 is 17.5 Å². The molecular weight excluding hydrogens is 366 g/mol. The number of hydrogen-bond donors (Lipinski definition) is 1. The average molecular weight is 393 g/mol. The largest absolute Gasteiger partial charge is 0.430 e. The first kappa shape index (κ1) is 19.5. The topological polar surface area (TPSA) is 63.2 Å². The first-order chi connectivity index (χ1) is 14.0. The molecular formula is C23H27N3O3. The van der Waals surface area contributed by atoms with Crippen LogP contribution in [0.5, 0.6) is 0 Å². The van der Waals surface area contributed by atoms with E-state index in [0.29, 0.717) is 19.0 Å². The summed E-state index contributed by atoms with van der Waals surface area (Å²) < 4.78 is 0. The van der Waals surface area contributed by atoms with Crippen LogP contribution in [0.1, 0.15) is 50.2 Å². The third-order valence-corrected chi connectivity index (χ3v) is 5.62. The molecule has 0 aromatic heterocycles. The summed E-state index contributed by atoms with van der Waals surface area (Å²) in [5.74, 6) is 0.459. The van der Waals surface area contributed by atoms with Gasteiger partial charge in [-0.2, -0.15) is 0 Å². The van der Waals surface area contributed by atoms with Gasteiger partial charge in [-0.3, -0.25) is 5.32 Å². The average Bonchev–Trinajstić information content (AvgIpc) is 3.15. The van der Waals surface area contributed by atoms with Crippen molar-refractivity contribution in [1.29, 1.82) is 0 Å². The SMILES string of the molecule is CC(C)c1ccc(NC(=O)ON2CCC3(CC2)CC(c2ccccc2)=NO3)cc1. The van der Waals surface area contributed by atoms with Crippen LogP contribution in [0.25, 0.3) is 0 Å². The molecule has 1 amide bonds. The predicted octanol–water partition coefficient (Wildman–Crippen LogP) is 4.93. The quantitative estimate of drug-likeness (QED) is 0.800. The molecule has 1 N–H and O–H groups in total. The second-order valence-electron chi connectivity index (χ2n) is 8.06. The lowest BCUT2D eigenvalue weighted by Gasteiger charge is -2.35. The lowest BCUT2D eigenvalue weighted by molar-refractivity contribution is -0.154. The Labute approximate surface area is 171 Å². The predicted molar refractivity (Wildman–Crippen MR) is 113 cm³/mol. The Kier molecular flexibility index (Phi) is 5.53. The van der Waals surface area contributed by atoms with Crippen LogP contribution in [0.3, 0.4) is 0 Å². The number of anilines is 1. The maximum atomic E-state index is 12.2. The van der Waals surface area contributed by atoms with Gasteiger partial charge in [0.15, 0.2) is 0 Å². The number of nitrogens with zero attached hydrogens (tertiary/aromatic N) is 2. The molecule has 2 heterocycles. The van der Waals surface area contributed by atoms with E-state index >= 15 is 0 Å². The van der Waals surface area contributed by atoms with E-state index in [9.17, 15) is 4.79 Å². The fraction of sp³-hybridized carbons (Fsp3) is 0.391. The Morgan fingerprint density at radius 1 is 1.10 bits per heavy atom. The highest BCUT2D eigenvalue weighted by Crippen LogP contribution is 2.36. The number of carbonyl (C=O) groups is 1. The molecule has 0 unspecified atom stereocenters. The fourth-order valence-corrected chi connectivity index (χ4v) is 3.77. The van der Waals surface area contributed by atoms with Gasteiger partial charge < -0.3 is 9.68 Å². The minimum atomic E-state index is -0.466. The van der Waals surface area contributed by atoms with E-state index in [-0.39, 0.29) is 5.60 Å². The summed E-state index contributed by atoms with van der Waals surface area (Å²) in [6.45, 7) is 5.53. The van der Waals surface area contributed by atoms with E-state index in [2.05, 4.69) is 36.5 Å². The van der Waals surface area contributed by atoms with Crippen molar-refractivity contribution in [2.45, 2.75) is 44.6 Å². The normalized spacial score (nSPS) is 18.4. The van der Waals surface area contributed by atoms with Gasteiger partial charge in [-0.25, -0.2) is 4.79 Å². The zero-order valence-electron chi connectivity index (χ0n) is 16.9. The van der Waals surface area contributed by atoms with Gasteiger partial charge in [-0.1, -0.05) is 61.5 Å². The summed E-state index contributed by atoms with van der Waals surface area (Å²) in [6, 6.07) is 18.0. The Bertz CT molecular complexity index is 870. The minimum absolute atomic E-state index is 0.284. The van der Waals surface area contributed by atoms with Crippen molar-refractivity contribution in [2.75, 3.05) is 18.4 Å². The molecule has 1 fully saturated rings. The monoisotopic (exact) mass is 393 g/mol. The zero-order chi connectivity index (χ0) is 20.3. The van der Waals surface area contributed by atoms with Crippen LogP contribution in [0.2, 0.25) is 0 Å². The fourth-order valence-electron chi connectivity index (χ4n) is 3.77. The molecule has 29 heavy (non-hydrogen) atoms. The molecule has 1 spiro atoms. The Hall–Kier alpha value is -2.86. The molecule has 0 bridgehead atoms. The second kappa shape index (κ2) is 8.25. The van der Waals surface area contributed by atoms with Crippen LogP contribution in [-0.2, 0) is 9.68 Å². The van der Waals surface area contributed by atoms with Gasteiger partial charge in [0.2, 0.25) is 0 Å². The highest BCUT2D eigenvalue weighted by atomic mass is 16.7. The van der Waals surface area contributed by atoms with Gasteiger partial charge in [0.05, 0.1) is 5.71 Å². The smallest absolute Gasteiger partial charge is 0.388 e. The van der Waals surface area contributed by atoms with Gasteiger partial charge in [0, 0.05) is 38.0 Å². The molecule has 2 aromatic rings. The molecule has 6 nitrogen and oxygen atoms in total. The highest BCUT2D eigenvalue weighted by Gasteiger charge is 2.43. The van der Waals surface area contributed by atoms with Crippen LogP contribution in [-0.4, -0.2) is 35.6 Å². The summed E-state index contributed by atoms with van der Waals surface area (Å²) in [4.78, 5) is 23.5. The maximum absolute atomic E-state index is 12.2. The Morgan fingerprint density at radius 2 is 1.79 bits per heavy atom. The van der Waals surface area contributed by atoms with Crippen molar-refractivity contribution in [3.8, 4) is 0 Å². The molecule has 2 aliphatic rings. The van der Waals surface area contributed by atoms with Gasteiger partial charge in [0.1, 0.15) is 5.60 Å². The van der Waals surface area contributed by atoms with Gasteiger partial charge in [-0.15, -0.1) is 5.06 Å². The minimum Gasteiger partial charge on any atom is -0.388 e. The Morgan fingerprint density at radius 3 is 2.45 bits per heavy atom. The van der Waals surface area contributed by atoms with Crippen LogP contribution in [0.15, 0.2) is 59.8 Å². The molecule has 0 radical (unpaired) electrons. The number of oxime groups is 1.